The number of amides is 1. The molecule has 4 nitrogen and oxygen atoms in total. The number of carbonyl (C=O) groups excluding carboxylic acids is 1. The van der Waals surface area contributed by atoms with E-state index in [0.29, 0.717) is 0 Å². The molecule has 2 rings (SSSR count). The summed E-state index contributed by atoms with van der Waals surface area (Å²) in [7, 11) is 0. The molecule has 22 heavy (non-hydrogen) atoms. The summed E-state index contributed by atoms with van der Waals surface area (Å²) >= 11 is 5.94. The lowest BCUT2D eigenvalue weighted by Gasteiger charge is -2.39. The molecule has 1 aliphatic rings. The van der Waals surface area contributed by atoms with Crippen LogP contribution in [0.4, 0.5) is 5.69 Å². The number of carbonyl (C=O) groups is 1. The topological polar surface area (TPSA) is 26.8 Å². The van der Waals surface area contributed by atoms with Gasteiger partial charge in [0.1, 0.15) is 0 Å². The van der Waals surface area contributed by atoms with Gasteiger partial charge in [-0.1, -0.05) is 11.6 Å². The minimum atomic E-state index is -0.0349. The van der Waals surface area contributed by atoms with Gasteiger partial charge in [-0.15, -0.1) is 0 Å². The summed E-state index contributed by atoms with van der Waals surface area (Å²) in [6, 6.07) is 7.93. The van der Waals surface area contributed by atoms with Crippen LogP contribution in [0.5, 0.6) is 0 Å². The quantitative estimate of drug-likeness (QED) is 0.833. The van der Waals surface area contributed by atoms with Gasteiger partial charge in [0.2, 0.25) is 5.91 Å². The van der Waals surface area contributed by atoms with Gasteiger partial charge in [0.15, 0.2) is 0 Å². The number of likely N-dealkylation sites (N-methyl/N-ethyl adjacent to an activating group) is 1. The van der Waals surface area contributed by atoms with Gasteiger partial charge in [0, 0.05) is 50.0 Å². The summed E-state index contributed by atoms with van der Waals surface area (Å²) < 4.78 is 0. The zero-order valence-corrected chi connectivity index (χ0v) is 14.5. The molecule has 1 atom stereocenters. The van der Waals surface area contributed by atoms with Gasteiger partial charge in [0.05, 0.1) is 6.04 Å². The third-order valence-corrected chi connectivity index (χ3v) is 4.74. The first-order valence-corrected chi connectivity index (χ1v) is 8.48. The molecule has 1 aliphatic heterocycles. The largest absolute Gasteiger partial charge is 0.369 e. The molecule has 0 spiro atoms. The second kappa shape index (κ2) is 7.84. The summed E-state index contributed by atoms with van der Waals surface area (Å²) in [5, 5.41) is 0.765. The molecule has 1 amide bonds. The molecule has 0 aliphatic carbocycles. The number of halogens is 1. The van der Waals surface area contributed by atoms with Crippen molar-refractivity contribution in [3.63, 3.8) is 0 Å². The normalized spacial score (nSPS) is 17.4. The van der Waals surface area contributed by atoms with Gasteiger partial charge in [-0.25, -0.2) is 0 Å². The maximum absolute atomic E-state index is 12.4. The van der Waals surface area contributed by atoms with Gasteiger partial charge in [-0.3, -0.25) is 9.69 Å². The fourth-order valence-electron chi connectivity index (χ4n) is 2.98. The minimum absolute atomic E-state index is 0.0349. The smallest absolute Gasteiger partial charge is 0.239 e. The zero-order chi connectivity index (χ0) is 16.1. The maximum Gasteiger partial charge on any atom is 0.239 e. The molecule has 0 N–H and O–H groups in total. The predicted octanol–water partition coefficient (Wildman–Crippen LogP) is 2.72. The SMILES string of the molecule is CCN(CC)C(=O)C(C)N1CCN(c2ccc(Cl)cc2)CC1. The van der Waals surface area contributed by atoms with Crippen LogP contribution in [-0.4, -0.2) is 61.0 Å². The first kappa shape index (κ1) is 17.1. The number of benzene rings is 1. The molecule has 1 unspecified atom stereocenters. The van der Waals surface area contributed by atoms with Crippen molar-refractivity contribution >= 4 is 23.2 Å². The molecule has 1 aromatic rings. The molecule has 5 heteroatoms. The van der Waals surface area contributed by atoms with Crippen molar-refractivity contribution in [2.24, 2.45) is 0 Å². The summed E-state index contributed by atoms with van der Waals surface area (Å²) in [6.07, 6.45) is 0. The third kappa shape index (κ3) is 3.93. The van der Waals surface area contributed by atoms with Crippen LogP contribution in [0.15, 0.2) is 24.3 Å². The van der Waals surface area contributed by atoms with E-state index < -0.39 is 0 Å². The van der Waals surface area contributed by atoms with E-state index in [1.165, 1.54) is 5.69 Å². The Hall–Kier alpha value is -1.26. The molecule has 0 aromatic heterocycles. The van der Waals surface area contributed by atoms with Gasteiger partial charge in [-0.05, 0) is 45.0 Å². The molecule has 0 radical (unpaired) electrons. The summed E-state index contributed by atoms with van der Waals surface area (Å²) in [5.41, 5.74) is 1.20. The molecular formula is C17H26ClN3O. The Kier molecular flexibility index (Phi) is 6.09. The third-order valence-electron chi connectivity index (χ3n) is 4.49. The highest BCUT2D eigenvalue weighted by Gasteiger charge is 2.27. The minimum Gasteiger partial charge on any atom is -0.369 e. The lowest BCUT2D eigenvalue weighted by Crippen LogP contribution is -2.54. The van der Waals surface area contributed by atoms with Crippen LogP contribution in [0.1, 0.15) is 20.8 Å². The number of rotatable bonds is 5. The van der Waals surface area contributed by atoms with Crippen LogP contribution in [0, 0.1) is 0 Å². The molecular weight excluding hydrogens is 298 g/mol. The van der Waals surface area contributed by atoms with Gasteiger partial charge >= 0.3 is 0 Å². The van der Waals surface area contributed by atoms with Crippen LogP contribution < -0.4 is 4.90 Å². The first-order valence-electron chi connectivity index (χ1n) is 8.10. The zero-order valence-electron chi connectivity index (χ0n) is 13.8. The fourth-order valence-corrected chi connectivity index (χ4v) is 3.10. The Morgan fingerprint density at radius 1 is 1.14 bits per heavy atom. The Morgan fingerprint density at radius 2 is 1.68 bits per heavy atom. The van der Waals surface area contributed by atoms with Gasteiger partial charge in [-0.2, -0.15) is 0 Å². The van der Waals surface area contributed by atoms with Crippen molar-refractivity contribution in [3.8, 4) is 0 Å². The van der Waals surface area contributed by atoms with Gasteiger partial charge < -0.3 is 9.80 Å². The number of hydrogen-bond acceptors (Lipinski definition) is 3. The summed E-state index contributed by atoms with van der Waals surface area (Å²) in [6.45, 7) is 11.4. The highest BCUT2D eigenvalue weighted by Crippen LogP contribution is 2.20. The highest BCUT2D eigenvalue weighted by atomic mass is 35.5. The Morgan fingerprint density at radius 3 is 2.18 bits per heavy atom. The fraction of sp³-hybridized carbons (Fsp3) is 0.588. The van der Waals surface area contributed by atoms with E-state index >= 15 is 0 Å². The van der Waals surface area contributed by atoms with E-state index in [2.05, 4.69) is 21.9 Å². The highest BCUT2D eigenvalue weighted by molar-refractivity contribution is 6.30. The number of hydrogen-bond donors (Lipinski definition) is 0. The van der Waals surface area contributed by atoms with Crippen molar-refractivity contribution in [1.29, 1.82) is 0 Å². The molecule has 1 heterocycles. The first-order chi connectivity index (χ1) is 10.6. The van der Waals surface area contributed by atoms with E-state index in [4.69, 9.17) is 11.6 Å². The maximum atomic E-state index is 12.4. The van der Waals surface area contributed by atoms with Crippen molar-refractivity contribution < 1.29 is 4.79 Å². The summed E-state index contributed by atoms with van der Waals surface area (Å²) in [5.74, 6) is 0.241. The van der Waals surface area contributed by atoms with Crippen LogP contribution in [0.2, 0.25) is 5.02 Å². The lowest BCUT2D eigenvalue weighted by atomic mass is 10.2. The van der Waals surface area contributed by atoms with Crippen LogP contribution >= 0.6 is 11.6 Å². The van der Waals surface area contributed by atoms with Crippen molar-refractivity contribution in [2.75, 3.05) is 44.2 Å². The number of anilines is 1. The molecule has 0 saturated carbocycles. The molecule has 122 valence electrons. The van der Waals surface area contributed by atoms with Gasteiger partial charge in [0.25, 0.3) is 0 Å². The van der Waals surface area contributed by atoms with Crippen molar-refractivity contribution in [1.82, 2.24) is 9.80 Å². The Balaban J connectivity index is 1.91. The van der Waals surface area contributed by atoms with Crippen molar-refractivity contribution in [2.45, 2.75) is 26.8 Å². The molecule has 1 aromatic carbocycles. The summed E-state index contributed by atoms with van der Waals surface area (Å²) in [4.78, 5) is 19.0. The van der Waals surface area contributed by atoms with Crippen molar-refractivity contribution in [3.05, 3.63) is 29.3 Å². The average Bonchev–Trinajstić information content (AvgIpc) is 2.56. The Labute approximate surface area is 138 Å². The van der Waals surface area contributed by atoms with E-state index in [9.17, 15) is 4.79 Å². The average molecular weight is 324 g/mol. The van der Waals surface area contributed by atoms with Crippen LogP contribution in [0.25, 0.3) is 0 Å². The van der Waals surface area contributed by atoms with Crippen LogP contribution in [0.3, 0.4) is 0 Å². The number of nitrogens with zero attached hydrogens (tertiary/aromatic N) is 3. The molecule has 1 saturated heterocycles. The second-order valence-electron chi connectivity index (χ2n) is 5.69. The van der Waals surface area contributed by atoms with E-state index in [1.807, 2.05) is 37.8 Å². The van der Waals surface area contributed by atoms with E-state index in [-0.39, 0.29) is 11.9 Å². The lowest BCUT2D eigenvalue weighted by molar-refractivity contribution is -0.136. The molecule has 0 bridgehead atoms. The van der Waals surface area contributed by atoms with Crippen LogP contribution in [-0.2, 0) is 4.79 Å². The standard InChI is InChI=1S/C17H26ClN3O/c1-4-19(5-2)17(22)14(3)20-10-12-21(13-11-20)16-8-6-15(18)7-9-16/h6-9,14H,4-5,10-13H2,1-3H3. The number of piperazine rings is 1. The van der Waals surface area contributed by atoms with E-state index in [1.54, 1.807) is 0 Å². The predicted molar refractivity (Wildman–Crippen MR) is 92.6 cm³/mol. The van der Waals surface area contributed by atoms with E-state index in [0.717, 1.165) is 44.3 Å². The Bertz CT molecular complexity index is 479. The molecule has 1 fully saturated rings. The monoisotopic (exact) mass is 323 g/mol. The second-order valence-corrected chi connectivity index (χ2v) is 6.12.